The molecule has 0 aliphatic carbocycles. The van der Waals surface area contributed by atoms with Crippen LogP contribution in [0.4, 0.5) is 0 Å². The van der Waals surface area contributed by atoms with Gasteiger partial charge < -0.3 is 10.1 Å². The highest BCUT2D eigenvalue weighted by atomic mass is 16.5. The minimum Gasteiger partial charge on any atom is -0.469 e. The van der Waals surface area contributed by atoms with Gasteiger partial charge in [0.2, 0.25) is 0 Å². The first-order chi connectivity index (χ1) is 8.22. The molecule has 2 rings (SSSR count). The first-order valence-corrected chi connectivity index (χ1v) is 6.78. The summed E-state index contributed by atoms with van der Waals surface area (Å²) in [5.41, 5.74) is -0.0394. The van der Waals surface area contributed by atoms with Crippen LogP contribution in [0.15, 0.2) is 0 Å². The number of piperidine rings is 1. The number of hydrogen-bond donors (Lipinski definition) is 1. The van der Waals surface area contributed by atoms with Crippen molar-refractivity contribution in [2.45, 2.75) is 50.6 Å². The molecule has 2 heterocycles. The van der Waals surface area contributed by atoms with Crippen molar-refractivity contribution in [1.29, 1.82) is 0 Å². The topological polar surface area (TPSA) is 41.6 Å². The predicted octanol–water partition coefficient (Wildman–Crippen LogP) is 1.16. The summed E-state index contributed by atoms with van der Waals surface area (Å²) in [7, 11) is 1.48. The summed E-state index contributed by atoms with van der Waals surface area (Å²) >= 11 is 0. The number of nitrogens with zero attached hydrogens (tertiary/aromatic N) is 1. The summed E-state index contributed by atoms with van der Waals surface area (Å²) < 4.78 is 4.87. The normalized spacial score (nSPS) is 33.4. The molecule has 0 aromatic heterocycles. The van der Waals surface area contributed by atoms with Crippen LogP contribution in [-0.4, -0.2) is 49.2 Å². The summed E-state index contributed by atoms with van der Waals surface area (Å²) in [5, 5.41) is 3.58. The molecular formula is C13H24N2O2. The predicted molar refractivity (Wildman–Crippen MR) is 66.9 cm³/mol. The van der Waals surface area contributed by atoms with E-state index in [0.717, 1.165) is 19.5 Å². The number of hydrogen-bond acceptors (Lipinski definition) is 4. The van der Waals surface area contributed by atoms with Gasteiger partial charge in [0.15, 0.2) is 0 Å². The fraction of sp³-hybridized carbons (Fsp3) is 0.923. The zero-order valence-electron chi connectivity index (χ0n) is 11.0. The van der Waals surface area contributed by atoms with Crippen molar-refractivity contribution in [2.24, 2.45) is 0 Å². The van der Waals surface area contributed by atoms with Crippen molar-refractivity contribution >= 4 is 5.97 Å². The van der Waals surface area contributed by atoms with Gasteiger partial charge in [0.05, 0.1) is 13.5 Å². The number of esters is 1. The van der Waals surface area contributed by atoms with Gasteiger partial charge in [0, 0.05) is 18.1 Å². The Morgan fingerprint density at radius 3 is 3.00 bits per heavy atom. The second-order valence-corrected chi connectivity index (χ2v) is 5.24. The van der Waals surface area contributed by atoms with Crippen LogP contribution in [0, 0.1) is 0 Å². The maximum atomic E-state index is 11.6. The summed E-state index contributed by atoms with van der Waals surface area (Å²) in [4.78, 5) is 14.2. The molecule has 0 aromatic carbocycles. The van der Waals surface area contributed by atoms with Crippen LogP contribution in [0.1, 0.15) is 39.0 Å². The van der Waals surface area contributed by atoms with Gasteiger partial charge in [-0.3, -0.25) is 9.69 Å². The summed E-state index contributed by atoms with van der Waals surface area (Å²) in [6.07, 6.45) is 5.38. The second kappa shape index (κ2) is 5.36. The third kappa shape index (κ3) is 2.47. The average Bonchev–Trinajstić information content (AvgIpc) is 2.69. The van der Waals surface area contributed by atoms with E-state index in [0.29, 0.717) is 12.5 Å². The first-order valence-electron chi connectivity index (χ1n) is 6.78. The van der Waals surface area contributed by atoms with Gasteiger partial charge in [-0.25, -0.2) is 0 Å². The SMILES string of the molecule is CCNC1(CC(=O)OC)CCN2CCCCC21. The van der Waals surface area contributed by atoms with E-state index in [1.165, 1.54) is 32.9 Å². The van der Waals surface area contributed by atoms with Crippen molar-refractivity contribution in [2.75, 3.05) is 26.7 Å². The lowest BCUT2D eigenvalue weighted by molar-refractivity contribution is -0.142. The van der Waals surface area contributed by atoms with E-state index in [2.05, 4.69) is 17.1 Å². The lowest BCUT2D eigenvalue weighted by atomic mass is 9.82. The van der Waals surface area contributed by atoms with Gasteiger partial charge in [-0.2, -0.15) is 0 Å². The van der Waals surface area contributed by atoms with Crippen molar-refractivity contribution in [3.8, 4) is 0 Å². The van der Waals surface area contributed by atoms with Crippen LogP contribution in [-0.2, 0) is 9.53 Å². The van der Waals surface area contributed by atoms with Gasteiger partial charge >= 0.3 is 5.97 Å². The van der Waals surface area contributed by atoms with Crippen LogP contribution < -0.4 is 5.32 Å². The summed E-state index contributed by atoms with van der Waals surface area (Å²) in [6, 6.07) is 0.523. The summed E-state index contributed by atoms with van der Waals surface area (Å²) in [6.45, 7) is 5.35. The minimum atomic E-state index is -0.0848. The Kier molecular flexibility index (Phi) is 4.05. The molecule has 4 heteroatoms. The highest BCUT2D eigenvalue weighted by Gasteiger charge is 2.48. The lowest BCUT2D eigenvalue weighted by Crippen LogP contribution is -2.57. The largest absolute Gasteiger partial charge is 0.469 e. The van der Waals surface area contributed by atoms with Crippen molar-refractivity contribution < 1.29 is 9.53 Å². The maximum Gasteiger partial charge on any atom is 0.307 e. The Morgan fingerprint density at radius 1 is 1.47 bits per heavy atom. The van der Waals surface area contributed by atoms with E-state index in [1.807, 2.05) is 0 Å². The molecule has 17 heavy (non-hydrogen) atoms. The highest BCUT2D eigenvalue weighted by molar-refractivity contribution is 5.71. The number of likely N-dealkylation sites (N-methyl/N-ethyl adjacent to an activating group) is 1. The molecular weight excluding hydrogens is 216 g/mol. The molecule has 0 aromatic rings. The molecule has 0 spiro atoms. The van der Waals surface area contributed by atoms with E-state index < -0.39 is 0 Å². The molecule has 98 valence electrons. The van der Waals surface area contributed by atoms with E-state index in [4.69, 9.17) is 4.74 Å². The Bertz CT molecular complexity index is 283. The van der Waals surface area contributed by atoms with Crippen LogP contribution in [0.3, 0.4) is 0 Å². The molecule has 0 amide bonds. The monoisotopic (exact) mass is 240 g/mol. The number of methoxy groups -OCH3 is 1. The van der Waals surface area contributed by atoms with Crippen LogP contribution in [0.2, 0.25) is 0 Å². The van der Waals surface area contributed by atoms with Crippen molar-refractivity contribution in [1.82, 2.24) is 10.2 Å². The van der Waals surface area contributed by atoms with Crippen molar-refractivity contribution in [3.63, 3.8) is 0 Å². The standard InChI is InChI=1S/C13H24N2O2/c1-3-14-13(10-12(16)17-2)7-9-15-8-5-4-6-11(13)15/h11,14H,3-10H2,1-2H3. The second-order valence-electron chi connectivity index (χ2n) is 5.24. The Morgan fingerprint density at radius 2 is 2.29 bits per heavy atom. The molecule has 2 saturated heterocycles. The van der Waals surface area contributed by atoms with Gasteiger partial charge in [0.1, 0.15) is 0 Å². The van der Waals surface area contributed by atoms with Crippen LogP contribution >= 0.6 is 0 Å². The highest BCUT2D eigenvalue weighted by Crippen LogP contribution is 2.37. The number of rotatable bonds is 4. The Labute approximate surface area is 104 Å². The third-order valence-electron chi connectivity index (χ3n) is 4.31. The fourth-order valence-electron chi connectivity index (χ4n) is 3.55. The average molecular weight is 240 g/mol. The fourth-order valence-corrected chi connectivity index (χ4v) is 3.55. The van der Waals surface area contributed by atoms with Gasteiger partial charge in [-0.1, -0.05) is 13.3 Å². The third-order valence-corrected chi connectivity index (χ3v) is 4.31. The van der Waals surface area contributed by atoms with E-state index in [1.54, 1.807) is 0 Å². The van der Waals surface area contributed by atoms with Crippen molar-refractivity contribution in [3.05, 3.63) is 0 Å². The number of carbonyl (C=O) groups is 1. The first kappa shape index (κ1) is 12.8. The number of carbonyl (C=O) groups excluding carboxylic acids is 1. The maximum absolute atomic E-state index is 11.6. The Balaban J connectivity index is 2.12. The molecule has 2 aliphatic heterocycles. The minimum absolute atomic E-state index is 0.0394. The molecule has 4 nitrogen and oxygen atoms in total. The molecule has 2 aliphatic rings. The molecule has 1 N–H and O–H groups in total. The molecule has 0 saturated carbocycles. The van der Waals surface area contributed by atoms with E-state index in [-0.39, 0.29) is 11.5 Å². The molecule has 0 bridgehead atoms. The molecule has 2 atom stereocenters. The Hall–Kier alpha value is -0.610. The van der Waals surface area contributed by atoms with Gasteiger partial charge in [-0.05, 0) is 32.4 Å². The zero-order valence-corrected chi connectivity index (χ0v) is 11.0. The molecule has 2 fully saturated rings. The van der Waals surface area contributed by atoms with Crippen LogP contribution in [0.5, 0.6) is 0 Å². The van der Waals surface area contributed by atoms with E-state index >= 15 is 0 Å². The smallest absolute Gasteiger partial charge is 0.307 e. The lowest BCUT2D eigenvalue weighted by Gasteiger charge is -2.40. The molecule has 0 radical (unpaired) electrons. The zero-order chi connectivity index (χ0) is 12.3. The summed E-state index contributed by atoms with van der Waals surface area (Å²) in [5.74, 6) is -0.0848. The number of nitrogens with one attached hydrogen (secondary N) is 1. The quantitative estimate of drug-likeness (QED) is 0.749. The number of ether oxygens (including phenoxy) is 1. The van der Waals surface area contributed by atoms with E-state index in [9.17, 15) is 4.79 Å². The molecule has 2 unspecified atom stereocenters. The van der Waals surface area contributed by atoms with Gasteiger partial charge in [-0.15, -0.1) is 0 Å². The van der Waals surface area contributed by atoms with Gasteiger partial charge in [0.25, 0.3) is 0 Å². The van der Waals surface area contributed by atoms with Crippen LogP contribution in [0.25, 0.3) is 0 Å². The number of fused-ring (bicyclic) bond motifs is 1.